The Morgan fingerprint density at radius 1 is 1.77 bits per heavy atom. The Morgan fingerprint density at radius 2 is 2.54 bits per heavy atom. The molecule has 0 bridgehead atoms. The number of rotatable bonds is 2. The van der Waals surface area contributed by atoms with Gasteiger partial charge in [0, 0.05) is 6.08 Å². The minimum Gasteiger partial charge on any atom is -0.466 e. The van der Waals surface area contributed by atoms with Crippen molar-refractivity contribution in [2.24, 2.45) is 0 Å². The van der Waals surface area contributed by atoms with Crippen LogP contribution in [0.2, 0.25) is 0 Å². The van der Waals surface area contributed by atoms with E-state index in [-0.39, 0.29) is 12.1 Å². The van der Waals surface area contributed by atoms with E-state index in [9.17, 15) is 4.79 Å². The van der Waals surface area contributed by atoms with Crippen molar-refractivity contribution in [2.75, 3.05) is 13.7 Å². The van der Waals surface area contributed by atoms with Gasteiger partial charge in [0.15, 0.2) is 0 Å². The standard InChI is InChI=1S/C10H16O3/c1-3-9-6-8(4-5-13-9)7-10(11)12-2/h7,9H,3-6H2,1-2H3. The average molecular weight is 184 g/mol. The molecule has 0 aromatic rings. The maximum Gasteiger partial charge on any atom is 0.330 e. The number of ether oxygens (including phenoxy) is 2. The van der Waals surface area contributed by atoms with Crippen LogP contribution in [0.4, 0.5) is 0 Å². The summed E-state index contributed by atoms with van der Waals surface area (Å²) in [7, 11) is 1.40. The lowest BCUT2D eigenvalue weighted by Gasteiger charge is -2.23. The van der Waals surface area contributed by atoms with E-state index in [1.54, 1.807) is 6.08 Å². The SMILES string of the molecule is CCC1CC(=CC(=O)OC)CCO1. The van der Waals surface area contributed by atoms with Gasteiger partial charge in [-0.1, -0.05) is 12.5 Å². The summed E-state index contributed by atoms with van der Waals surface area (Å²) in [5.74, 6) is -0.258. The summed E-state index contributed by atoms with van der Waals surface area (Å²) in [5, 5.41) is 0. The first kappa shape index (κ1) is 10.3. The van der Waals surface area contributed by atoms with Crippen LogP contribution in [0, 0.1) is 0 Å². The zero-order valence-electron chi connectivity index (χ0n) is 8.21. The van der Waals surface area contributed by atoms with E-state index in [4.69, 9.17) is 4.74 Å². The second-order valence-electron chi connectivity index (χ2n) is 3.18. The molecule has 3 nitrogen and oxygen atoms in total. The van der Waals surface area contributed by atoms with E-state index in [2.05, 4.69) is 11.7 Å². The molecule has 1 aliphatic rings. The quantitative estimate of drug-likeness (QED) is 0.484. The zero-order valence-corrected chi connectivity index (χ0v) is 8.21. The molecule has 1 aliphatic heterocycles. The van der Waals surface area contributed by atoms with Gasteiger partial charge in [-0.15, -0.1) is 0 Å². The highest BCUT2D eigenvalue weighted by atomic mass is 16.5. The first-order chi connectivity index (χ1) is 6.26. The van der Waals surface area contributed by atoms with E-state index in [0.29, 0.717) is 0 Å². The second kappa shape index (κ2) is 5.02. The average Bonchev–Trinajstić information content (AvgIpc) is 2.18. The Hall–Kier alpha value is -0.830. The van der Waals surface area contributed by atoms with Gasteiger partial charge in [-0.3, -0.25) is 0 Å². The first-order valence-electron chi connectivity index (χ1n) is 4.65. The summed E-state index contributed by atoms with van der Waals surface area (Å²) in [5.41, 5.74) is 1.14. The largest absolute Gasteiger partial charge is 0.466 e. The Bertz CT molecular complexity index is 208. The minimum absolute atomic E-state index is 0.258. The molecule has 0 aromatic carbocycles. The smallest absolute Gasteiger partial charge is 0.330 e. The molecule has 0 amide bonds. The summed E-state index contributed by atoms with van der Waals surface area (Å²) in [6, 6.07) is 0. The van der Waals surface area contributed by atoms with E-state index >= 15 is 0 Å². The summed E-state index contributed by atoms with van der Waals surface area (Å²) < 4.78 is 10.0. The molecule has 1 unspecified atom stereocenters. The van der Waals surface area contributed by atoms with Crippen molar-refractivity contribution in [3.63, 3.8) is 0 Å². The number of methoxy groups -OCH3 is 1. The molecule has 3 heteroatoms. The number of hydrogen-bond acceptors (Lipinski definition) is 3. The number of carbonyl (C=O) groups excluding carboxylic acids is 1. The van der Waals surface area contributed by atoms with Crippen LogP contribution in [0.25, 0.3) is 0 Å². The van der Waals surface area contributed by atoms with Crippen LogP contribution in [-0.4, -0.2) is 25.8 Å². The second-order valence-corrected chi connectivity index (χ2v) is 3.18. The fourth-order valence-corrected chi connectivity index (χ4v) is 1.43. The van der Waals surface area contributed by atoms with Crippen LogP contribution >= 0.6 is 0 Å². The van der Waals surface area contributed by atoms with Crippen molar-refractivity contribution in [1.82, 2.24) is 0 Å². The van der Waals surface area contributed by atoms with Crippen LogP contribution < -0.4 is 0 Å². The molecule has 0 spiro atoms. The van der Waals surface area contributed by atoms with Gasteiger partial charge >= 0.3 is 5.97 Å². The molecular weight excluding hydrogens is 168 g/mol. The van der Waals surface area contributed by atoms with Gasteiger partial charge in [-0.05, 0) is 19.3 Å². The molecule has 0 aliphatic carbocycles. The van der Waals surface area contributed by atoms with Gasteiger partial charge in [-0.25, -0.2) is 4.79 Å². The van der Waals surface area contributed by atoms with Crippen molar-refractivity contribution in [3.05, 3.63) is 11.6 Å². The topological polar surface area (TPSA) is 35.5 Å². The molecule has 13 heavy (non-hydrogen) atoms. The third-order valence-corrected chi connectivity index (χ3v) is 2.25. The van der Waals surface area contributed by atoms with Gasteiger partial charge in [0.05, 0.1) is 19.8 Å². The summed E-state index contributed by atoms with van der Waals surface area (Å²) in [6.07, 6.45) is 4.59. The highest BCUT2D eigenvalue weighted by molar-refractivity contribution is 5.82. The molecule has 1 fully saturated rings. The maximum absolute atomic E-state index is 10.9. The monoisotopic (exact) mass is 184 g/mol. The van der Waals surface area contributed by atoms with E-state index in [1.807, 2.05) is 0 Å². The lowest BCUT2D eigenvalue weighted by Crippen LogP contribution is -2.20. The predicted octanol–water partition coefficient (Wildman–Crippen LogP) is 1.67. The minimum atomic E-state index is -0.258. The van der Waals surface area contributed by atoms with Crippen LogP contribution in [0.15, 0.2) is 11.6 Å². The molecule has 74 valence electrons. The molecule has 1 atom stereocenters. The van der Waals surface area contributed by atoms with Crippen molar-refractivity contribution in [3.8, 4) is 0 Å². The van der Waals surface area contributed by atoms with Crippen molar-refractivity contribution in [2.45, 2.75) is 32.3 Å². The Balaban J connectivity index is 2.50. The molecule has 0 saturated carbocycles. The van der Waals surface area contributed by atoms with Gasteiger partial charge in [0.1, 0.15) is 0 Å². The Morgan fingerprint density at radius 3 is 3.15 bits per heavy atom. The molecular formula is C10H16O3. The van der Waals surface area contributed by atoms with E-state index in [0.717, 1.165) is 31.4 Å². The summed E-state index contributed by atoms with van der Waals surface area (Å²) in [4.78, 5) is 10.9. The van der Waals surface area contributed by atoms with Crippen molar-refractivity contribution < 1.29 is 14.3 Å². The van der Waals surface area contributed by atoms with Crippen LogP contribution in [-0.2, 0) is 14.3 Å². The molecule has 1 rings (SSSR count). The van der Waals surface area contributed by atoms with Crippen molar-refractivity contribution >= 4 is 5.97 Å². The van der Waals surface area contributed by atoms with Crippen LogP contribution in [0.1, 0.15) is 26.2 Å². The highest BCUT2D eigenvalue weighted by Crippen LogP contribution is 2.20. The molecule has 1 saturated heterocycles. The zero-order chi connectivity index (χ0) is 9.68. The normalized spacial score (nSPS) is 26.0. The third kappa shape index (κ3) is 3.19. The van der Waals surface area contributed by atoms with Gasteiger partial charge in [0.2, 0.25) is 0 Å². The fraction of sp³-hybridized carbons (Fsp3) is 0.700. The lowest BCUT2D eigenvalue weighted by atomic mass is 10.0. The van der Waals surface area contributed by atoms with Crippen molar-refractivity contribution in [1.29, 1.82) is 0 Å². The fourth-order valence-electron chi connectivity index (χ4n) is 1.43. The summed E-state index contributed by atoms with van der Waals surface area (Å²) >= 11 is 0. The van der Waals surface area contributed by atoms with E-state index < -0.39 is 0 Å². The molecule has 0 radical (unpaired) electrons. The highest BCUT2D eigenvalue weighted by Gasteiger charge is 2.16. The summed E-state index contributed by atoms with van der Waals surface area (Å²) in [6.45, 7) is 2.81. The molecule has 1 heterocycles. The lowest BCUT2D eigenvalue weighted by molar-refractivity contribution is -0.134. The maximum atomic E-state index is 10.9. The number of hydrogen-bond donors (Lipinski definition) is 0. The third-order valence-electron chi connectivity index (χ3n) is 2.25. The number of esters is 1. The predicted molar refractivity (Wildman–Crippen MR) is 49.4 cm³/mol. The molecule has 0 aromatic heterocycles. The Labute approximate surface area is 78.7 Å². The van der Waals surface area contributed by atoms with Crippen LogP contribution in [0.5, 0.6) is 0 Å². The van der Waals surface area contributed by atoms with Crippen LogP contribution in [0.3, 0.4) is 0 Å². The van der Waals surface area contributed by atoms with Gasteiger partial charge in [-0.2, -0.15) is 0 Å². The molecule has 0 N–H and O–H groups in total. The van der Waals surface area contributed by atoms with Gasteiger partial charge in [0.25, 0.3) is 0 Å². The van der Waals surface area contributed by atoms with Gasteiger partial charge < -0.3 is 9.47 Å². The number of carbonyl (C=O) groups is 1. The van der Waals surface area contributed by atoms with E-state index in [1.165, 1.54) is 7.11 Å². The Kier molecular flexibility index (Phi) is 3.96. The first-order valence-corrected chi connectivity index (χ1v) is 4.65.